The van der Waals surface area contributed by atoms with Crippen LogP contribution in [0.4, 0.5) is 0 Å². The molecule has 6 heteroatoms. The van der Waals surface area contributed by atoms with Gasteiger partial charge in [-0.25, -0.2) is 8.42 Å². The maximum Gasteiger partial charge on any atom is 0.220 e. The van der Waals surface area contributed by atoms with E-state index in [1.807, 2.05) is 0 Å². The maximum atomic E-state index is 11.5. The molecular formula is C12H24N2O3S. The van der Waals surface area contributed by atoms with Crippen LogP contribution in [-0.2, 0) is 14.6 Å². The highest BCUT2D eigenvalue weighted by molar-refractivity contribution is 7.91. The highest BCUT2D eigenvalue weighted by Gasteiger charge is 2.14. The number of rotatable bonds is 7. The van der Waals surface area contributed by atoms with Crippen LogP contribution < -0.4 is 10.6 Å². The Morgan fingerprint density at radius 2 is 2.22 bits per heavy atom. The first kappa shape index (κ1) is 15.4. The van der Waals surface area contributed by atoms with Crippen LogP contribution in [0, 0.1) is 5.92 Å². The second-order valence-corrected chi connectivity index (χ2v) is 7.31. The van der Waals surface area contributed by atoms with Crippen molar-refractivity contribution in [2.75, 3.05) is 31.1 Å². The molecule has 1 saturated heterocycles. The minimum absolute atomic E-state index is 0.0353. The predicted octanol–water partition coefficient (Wildman–Crippen LogP) is 0.317. The third-order valence-corrected chi connectivity index (χ3v) is 5.06. The van der Waals surface area contributed by atoms with Crippen LogP contribution >= 0.6 is 0 Å². The Morgan fingerprint density at radius 3 is 2.83 bits per heavy atom. The Morgan fingerprint density at radius 1 is 1.44 bits per heavy atom. The molecule has 0 aromatic carbocycles. The van der Waals surface area contributed by atoms with E-state index >= 15 is 0 Å². The van der Waals surface area contributed by atoms with Crippen LogP contribution in [-0.4, -0.2) is 45.5 Å². The van der Waals surface area contributed by atoms with E-state index in [-0.39, 0.29) is 24.0 Å². The molecule has 0 spiro atoms. The van der Waals surface area contributed by atoms with Gasteiger partial charge in [-0.15, -0.1) is 0 Å². The van der Waals surface area contributed by atoms with Gasteiger partial charge in [0.1, 0.15) is 0 Å². The third kappa shape index (κ3) is 6.35. The van der Waals surface area contributed by atoms with E-state index in [1.165, 1.54) is 12.8 Å². The first-order valence-electron chi connectivity index (χ1n) is 6.71. The Hall–Kier alpha value is -0.620. The smallest absolute Gasteiger partial charge is 0.220 e. The van der Waals surface area contributed by atoms with Gasteiger partial charge < -0.3 is 10.6 Å². The SMILES string of the molecule is CCS(=O)(=O)CCNC(=O)CCC1CCCNC1. The van der Waals surface area contributed by atoms with E-state index in [0.29, 0.717) is 12.3 Å². The molecule has 1 aliphatic heterocycles. The molecule has 1 unspecified atom stereocenters. The van der Waals surface area contributed by atoms with Crippen LogP contribution in [0.5, 0.6) is 0 Å². The second kappa shape index (κ2) is 7.74. The molecule has 1 aliphatic rings. The summed E-state index contributed by atoms with van der Waals surface area (Å²) in [5.41, 5.74) is 0. The van der Waals surface area contributed by atoms with E-state index < -0.39 is 9.84 Å². The summed E-state index contributed by atoms with van der Waals surface area (Å²) in [5, 5.41) is 5.99. The van der Waals surface area contributed by atoms with Gasteiger partial charge in [-0.05, 0) is 38.3 Å². The van der Waals surface area contributed by atoms with Crippen molar-refractivity contribution in [1.29, 1.82) is 0 Å². The fraction of sp³-hybridized carbons (Fsp3) is 0.917. The normalized spacial score (nSPS) is 20.6. The fourth-order valence-electron chi connectivity index (χ4n) is 2.08. The number of sulfone groups is 1. The summed E-state index contributed by atoms with van der Waals surface area (Å²) in [6.45, 7) is 3.93. The largest absolute Gasteiger partial charge is 0.355 e. The number of hydrogen-bond donors (Lipinski definition) is 2. The van der Waals surface area contributed by atoms with Crippen molar-refractivity contribution in [2.24, 2.45) is 5.92 Å². The van der Waals surface area contributed by atoms with Gasteiger partial charge in [-0.2, -0.15) is 0 Å². The van der Waals surface area contributed by atoms with Crippen LogP contribution in [0.3, 0.4) is 0 Å². The van der Waals surface area contributed by atoms with Crippen molar-refractivity contribution < 1.29 is 13.2 Å². The standard InChI is InChI=1S/C12H24N2O3S/c1-2-18(16,17)9-8-14-12(15)6-5-11-4-3-7-13-10-11/h11,13H,2-10H2,1H3,(H,14,15). The van der Waals surface area contributed by atoms with Crippen molar-refractivity contribution in [2.45, 2.75) is 32.6 Å². The molecule has 1 atom stereocenters. The Bertz CT molecular complexity index is 348. The summed E-state index contributed by atoms with van der Waals surface area (Å²) in [5.74, 6) is 0.729. The molecule has 0 radical (unpaired) electrons. The molecule has 0 bridgehead atoms. The molecule has 106 valence electrons. The minimum atomic E-state index is -2.98. The third-order valence-electron chi connectivity index (χ3n) is 3.35. The Kier molecular flexibility index (Phi) is 6.63. The summed E-state index contributed by atoms with van der Waals surface area (Å²) in [6, 6.07) is 0. The summed E-state index contributed by atoms with van der Waals surface area (Å²) < 4.78 is 22.5. The van der Waals surface area contributed by atoms with Crippen molar-refractivity contribution in [3.63, 3.8) is 0 Å². The number of piperidine rings is 1. The van der Waals surface area contributed by atoms with E-state index in [4.69, 9.17) is 0 Å². The lowest BCUT2D eigenvalue weighted by atomic mass is 9.94. The van der Waals surface area contributed by atoms with Gasteiger partial charge in [0, 0.05) is 18.7 Å². The number of amides is 1. The number of carbonyl (C=O) groups is 1. The molecule has 1 heterocycles. The second-order valence-electron chi connectivity index (χ2n) is 4.84. The van der Waals surface area contributed by atoms with Crippen molar-refractivity contribution in [3.05, 3.63) is 0 Å². The van der Waals surface area contributed by atoms with Gasteiger partial charge in [0.25, 0.3) is 0 Å². The van der Waals surface area contributed by atoms with Gasteiger partial charge in [-0.3, -0.25) is 4.79 Å². The van der Waals surface area contributed by atoms with Crippen molar-refractivity contribution in [3.8, 4) is 0 Å². The molecule has 5 nitrogen and oxygen atoms in total. The molecular weight excluding hydrogens is 252 g/mol. The summed E-state index contributed by atoms with van der Waals surface area (Å²) >= 11 is 0. The lowest BCUT2D eigenvalue weighted by Gasteiger charge is -2.22. The van der Waals surface area contributed by atoms with Gasteiger partial charge in [0.05, 0.1) is 5.75 Å². The van der Waals surface area contributed by atoms with Gasteiger partial charge in [0.15, 0.2) is 9.84 Å². The highest BCUT2D eigenvalue weighted by Crippen LogP contribution is 2.15. The van der Waals surface area contributed by atoms with Crippen LogP contribution in [0.15, 0.2) is 0 Å². The van der Waals surface area contributed by atoms with E-state index in [2.05, 4.69) is 10.6 Å². The van der Waals surface area contributed by atoms with Crippen molar-refractivity contribution >= 4 is 15.7 Å². The van der Waals surface area contributed by atoms with Crippen LogP contribution in [0.2, 0.25) is 0 Å². The van der Waals surface area contributed by atoms with Gasteiger partial charge in [0.2, 0.25) is 5.91 Å². The molecule has 1 amide bonds. The zero-order valence-electron chi connectivity index (χ0n) is 11.1. The molecule has 1 fully saturated rings. The minimum Gasteiger partial charge on any atom is -0.355 e. The summed E-state index contributed by atoms with van der Waals surface area (Å²) in [4.78, 5) is 11.5. The first-order valence-corrected chi connectivity index (χ1v) is 8.53. The lowest BCUT2D eigenvalue weighted by molar-refractivity contribution is -0.121. The fourth-order valence-corrected chi connectivity index (χ4v) is 2.79. The molecule has 18 heavy (non-hydrogen) atoms. The molecule has 0 saturated carbocycles. The number of carbonyl (C=O) groups excluding carboxylic acids is 1. The Labute approximate surface area is 110 Å². The average molecular weight is 276 g/mol. The molecule has 0 aromatic rings. The zero-order valence-corrected chi connectivity index (χ0v) is 11.9. The topological polar surface area (TPSA) is 75.3 Å². The molecule has 0 aromatic heterocycles. The van der Waals surface area contributed by atoms with E-state index in [0.717, 1.165) is 19.5 Å². The van der Waals surface area contributed by atoms with E-state index in [1.54, 1.807) is 6.92 Å². The molecule has 2 N–H and O–H groups in total. The van der Waals surface area contributed by atoms with Gasteiger partial charge >= 0.3 is 0 Å². The molecule has 0 aliphatic carbocycles. The lowest BCUT2D eigenvalue weighted by Crippen LogP contribution is -2.32. The monoisotopic (exact) mass is 276 g/mol. The summed E-state index contributed by atoms with van der Waals surface area (Å²) in [6.07, 6.45) is 3.75. The van der Waals surface area contributed by atoms with Crippen LogP contribution in [0.1, 0.15) is 32.6 Å². The zero-order chi connectivity index (χ0) is 13.4. The van der Waals surface area contributed by atoms with Crippen molar-refractivity contribution in [1.82, 2.24) is 10.6 Å². The van der Waals surface area contributed by atoms with Gasteiger partial charge in [-0.1, -0.05) is 6.92 Å². The van der Waals surface area contributed by atoms with Crippen LogP contribution in [0.25, 0.3) is 0 Å². The number of hydrogen-bond acceptors (Lipinski definition) is 4. The maximum absolute atomic E-state index is 11.5. The first-order chi connectivity index (χ1) is 8.53. The average Bonchev–Trinajstić information content (AvgIpc) is 2.37. The summed E-state index contributed by atoms with van der Waals surface area (Å²) in [7, 11) is -2.98. The predicted molar refractivity (Wildman–Crippen MR) is 72.2 cm³/mol. The Balaban J connectivity index is 2.10. The molecule has 1 rings (SSSR count). The number of nitrogens with one attached hydrogen (secondary N) is 2. The highest BCUT2D eigenvalue weighted by atomic mass is 32.2. The quantitative estimate of drug-likeness (QED) is 0.702. The van der Waals surface area contributed by atoms with E-state index in [9.17, 15) is 13.2 Å².